The number of nitrogens with zero attached hydrogens (tertiary/aromatic N) is 1. The monoisotopic (exact) mass is 405 g/mol. The van der Waals surface area contributed by atoms with Gasteiger partial charge in [0.05, 0.1) is 5.75 Å². The van der Waals surface area contributed by atoms with E-state index in [1.54, 1.807) is 56.4 Å². The van der Waals surface area contributed by atoms with Crippen molar-refractivity contribution in [2.45, 2.75) is 32.1 Å². The molecule has 8 heteroatoms. The largest absolute Gasteiger partial charge is 0.331 e. The predicted octanol–water partition coefficient (Wildman–Crippen LogP) is 3.71. The molecule has 2 heterocycles. The van der Waals surface area contributed by atoms with Gasteiger partial charge in [0, 0.05) is 23.7 Å². The van der Waals surface area contributed by atoms with Crippen molar-refractivity contribution in [3.63, 3.8) is 0 Å². The van der Waals surface area contributed by atoms with Crippen LogP contribution in [0.5, 0.6) is 0 Å². The molecular weight excluding hydrogens is 382 g/mol. The lowest BCUT2D eigenvalue weighted by Crippen LogP contribution is -2.41. The van der Waals surface area contributed by atoms with Gasteiger partial charge in [-0.1, -0.05) is 12.1 Å². The lowest BCUT2D eigenvalue weighted by molar-refractivity contribution is 0.102. The smallest absolute Gasteiger partial charge is 0.272 e. The zero-order chi connectivity index (χ0) is 19.8. The molecule has 0 radical (unpaired) electrons. The van der Waals surface area contributed by atoms with Crippen molar-refractivity contribution in [3.8, 4) is 0 Å². The van der Waals surface area contributed by atoms with Gasteiger partial charge in [0.1, 0.15) is 10.5 Å². The van der Waals surface area contributed by atoms with E-state index in [0.29, 0.717) is 16.9 Å². The molecule has 0 fully saturated rings. The van der Waals surface area contributed by atoms with Crippen LogP contribution in [0.25, 0.3) is 10.2 Å². The summed E-state index contributed by atoms with van der Waals surface area (Å²) in [5.74, 6) is -0.373. The normalized spacial score (nSPS) is 12.4. The molecule has 0 aliphatic rings. The highest BCUT2D eigenvalue weighted by Gasteiger charge is 2.20. The van der Waals surface area contributed by atoms with Crippen molar-refractivity contribution in [2.24, 2.45) is 7.05 Å². The first-order chi connectivity index (χ1) is 12.5. The molecule has 0 spiro atoms. The van der Waals surface area contributed by atoms with E-state index in [9.17, 15) is 13.2 Å². The number of aromatic nitrogens is 1. The minimum Gasteiger partial charge on any atom is -0.331 e. The molecule has 0 aliphatic carbocycles. The van der Waals surface area contributed by atoms with Crippen molar-refractivity contribution in [1.82, 2.24) is 9.29 Å². The van der Waals surface area contributed by atoms with Crippen molar-refractivity contribution < 1.29 is 13.2 Å². The Morgan fingerprint density at radius 2 is 1.93 bits per heavy atom. The molecule has 0 bridgehead atoms. The molecule has 0 saturated carbocycles. The van der Waals surface area contributed by atoms with Gasteiger partial charge in [0.25, 0.3) is 5.91 Å². The number of hydrogen-bond donors (Lipinski definition) is 2. The highest BCUT2D eigenvalue weighted by Crippen LogP contribution is 2.25. The third-order valence-corrected chi connectivity index (χ3v) is 6.51. The number of carbonyl (C=O) groups excluding carboxylic acids is 1. The third kappa shape index (κ3) is 4.77. The average Bonchev–Trinajstić information content (AvgIpc) is 3.08. The molecule has 2 aromatic heterocycles. The molecular formula is C19H23N3O3S2. The Kier molecular flexibility index (Phi) is 5.16. The van der Waals surface area contributed by atoms with Crippen LogP contribution in [0, 0.1) is 0 Å². The van der Waals surface area contributed by atoms with E-state index >= 15 is 0 Å². The van der Waals surface area contributed by atoms with Crippen molar-refractivity contribution >= 4 is 43.2 Å². The molecule has 0 unspecified atom stereocenters. The van der Waals surface area contributed by atoms with Gasteiger partial charge >= 0.3 is 0 Å². The number of fused-ring (bicyclic) bond motifs is 1. The zero-order valence-electron chi connectivity index (χ0n) is 15.7. The van der Waals surface area contributed by atoms with Gasteiger partial charge in [0.15, 0.2) is 0 Å². The fourth-order valence-electron chi connectivity index (χ4n) is 2.92. The van der Waals surface area contributed by atoms with Crippen LogP contribution in [0.1, 0.15) is 36.8 Å². The van der Waals surface area contributed by atoms with E-state index in [-0.39, 0.29) is 11.7 Å². The summed E-state index contributed by atoms with van der Waals surface area (Å²) in [6, 6.07) is 10.7. The Morgan fingerprint density at radius 3 is 2.59 bits per heavy atom. The number of aryl methyl sites for hydroxylation is 1. The van der Waals surface area contributed by atoms with Crippen molar-refractivity contribution in [2.75, 3.05) is 5.32 Å². The minimum atomic E-state index is -3.47. The van der Waals surface area contributed by atoms with Gasteiger partial charge in [-0.3, -0.25) is 4.79 Å². The van der Waals surface area contributed by atoms with Crippen LogP contribution in [-0.4, -0.2) is 24.4 Å². The quantitative estimate of drug-likeness (QED) is 0.679. The molecule has 1 aromatic carbocycles. The number of amides is 1. The van der Waals surface area contributed by atoms with Gasteiger partial charge < -0.3 is 9.88 Å². The van der Waals surface area contributed by atoms with Gasteiger partial charge in [-0.15, -0.1) is 11.3 Å². The number of rotatable bonds is 5. The number of thiophene rings is 1. The van der Waals surface area contributed by atoms with Crippen LogP contribution in [0.3, 0.4) is 0 Å². The maximum Gasteiger partial charge on any atom is 0.272 e. The molecule has 144 valence electrons. The number of carbonyl (C=O) groups is 1. The summed E-state index contributed by atoms with van der Waals surface area (Å²) in [6.45, 7) is 5.39. The SMILES string of the molecule is Cn1c(C(=O)Nc2cccc(CS(=O)(=O)NC(C)(C)C)c2)cc2ccsc21. The van der Waals surface area contributed by atoms with Gasteiger partial charge in [-0.25, -0.2) is 13.1 Å². The van der Waals surface area contributed by atoms with E-state index < -0.39 is 15.6 Å². The lowest BCUT2D eigenvalue weighted by atomic mass is 10.1. The Labute approximate surface area is 163 Å². The summed E-state index contributed by atoms with van der Waals surface area (Å²) < 4.78 is 29.1. The van der Waals surface area contributed by atoms with E-state index in [2.05, 4.69) is 10.0 Å². The Morgan fingerprint density at radius 1 is 1.19 bits per heavy atom. The minimum absolute atomic E-state index is 0.145. The van der Waals surface area contributed by atoms with E-state index in [1.165, 1.54) is 0 Å². The number of benzene rings is 1. The first-order valence-corrected chi connectivity index (χ1v) is 11.0. The molecule has 3 aromatic rings. The maximum atomic E-state index is 12.6. The molecule has 0 aliphatic heterocycles. The number of nitrogens with one attached hydrogen (secondary N) is 2. The predicted molar refractivity (Wildman–Crippen MR) is 111 cm³/mol. The molecule has 1 amide bonds. The maximum absolute atomic E-state index is 12.6. The van der Waals surface area contributed by atoms with E-state index in [4.69, 9.17) is 0 Å². The third-order valence-electron chi connectivity index (χ3n) is 3.87. The number of anilines is 1. The van der Waals surface area contributed by atoms with Crippen LogP contribution in [0.2, 0.25) is 0 Å². The highest BCUT2D eigenvalue weighted by atomic mass is 32.2. The first kappa shape index (κ1) is 19.6. The molecule has 3 rings (SSSR count). The molecule has 2 N–H and O–H groups in total. The highest BCUT2D eigenvalue weighted by molar-refractivity contribution is 7.88. The molecule has 0 atom stereocenters. The molecule has 0 saturated heterocycles. The Balaban J connectivity index is 1.76. The number of sulfonamides is 1. The fraction of sp³-hybridized carbons (Fsp3) is 0.316. The Bertz CT molecular complexity index is 1090. The van der Waals surface area contributed by atoms with Crippen molar-refractivity contribution in [3.05, 3.63) is 53.0 Å². The second kappa shape index (κ2) is 7.10. The van der Waals surface area contributed by atoms with E-state index in [1.807, 2.05) is 29.1 Å². The standard InChI is InChI=1S/C19H23N3O3S2/c1-19(2,3)21-27(24,25)12-13-6-5-7-15(10-13)20-17(23)16-11-14-8-9-26-18(14)22(16)4/h5-11,21H,12H2,1-4H3,(H,20,23). The first-order valence-electron chi connectivity index (χ1n) is 8.49. The molecule has 6 nitrogen and oxygen atoms in total. The topological polar surface area (TPSA) is 80.2 Å². The van der Waals surface area contributed by atoms with Gasteiger partial charge in [0.2, 0.25) is 10.0 Å². The Hall–Kier alpha value is -2.16. The summed E-state index contributed by atoms with van der Waals surface area (Å²) in [5, 5.41) is 5.87. The second-order valence-corrected chi connectivity index (χ2v) is 10.2. The summed E-state index contributed by atoms with van der Waals surface area (Å²) in [7, 11) is -1.62. The fourth-order valence-corrected chi connectivity index (χ4v) is 5.41. The second-order valence-electron chi connectivity index (χ2n) is 7.54. The molecule has 27 heavy (non-hydrogen) atoms. The van der Waals surface area contributed by atoms with Crippen LogP contribution in [-0.2, 0) is 22.8 Å². The van der Waals surface area contributed by atoms with Crippen LogP contribution < -0.4 is 10.0 Å². The zero-order valence-corrected chi connectivity index (χ0v) is 17.4. The summed E-state index contributed by atoms with van der Waals surface area (Å²) in [4.78, 5) is 13.7. The van der Waals surface area contributed by atoms with Crippen LogP contribution >= 0.6 is 11.3 Å². The van der Waals surface area contributed by atoms with Crippen molar-refractivity contribution in [1.29, 1.82) is 0 Å². The summed E-state index contributed by atoms with van der Waals surface area (Å²) in [5.41, 5.74) is 1.19. The summed E-state index contributed by atoms with van der Waals surface area (Å²) in [6.07, 6.45) is 0. The number of hydrogen-bond acceptors (Lipinski definition) is 4. The summed E-state index contributed by atoms with van der Waals surface area (Å²) >= 11 is 1.58. The van der Waals surface area contributed by atoms with Gasteiger partial charge in [-0.2, -0.15) is 0 Å². The van der Waals surface area contributed by atoms with Crippen LogP contribution in [0.4, 0.5) is 5.69 Å². The average molecular weight is 406 g/mol. The van der Waals surface area contributed by atoms with E-state index in [0.717, 1.165) is 10.2 Å². The van der Waals surface area contributed by atoms with Crippen LogP contribution in [0.15, 0.2) is 41.8 Å². The van der Waals surface area contributed by atoms with Gasteiger partial charge in [-0.05, 0) is 56.0 Å². The lowest BCUT2D eigenvalue weighted by Gasteiger charge is -2.20.